The lowest BCUT2D eigenvalue weighted by Gasteiger charge is -1.81. The summed E-state index contributed by atoms with van der Waals surface area (Å²) in [7, 11) is 0. The van der Waals surface area contributed by atoms with Crippen LogP contribution in [0.4, 0.5) is 0 Å². The zero-order chi connectivity index (χ0) is 5.86. The highest BCUT2D eigenvalue weighted by Gasteiger charge is 1.82. The van der Waals surface area contributed by atoms with Crippen molar-refractivity contribution >= 4 is 11.9 Å². The molecule has 4 heteroatoms. The number of carbonyl (C=O) groups excluding carboxylic acids is 1. The van der Waals surface area contributed by atoms with Crippen molar-refractivity contribution in [2.75, 3.05) is 0 Å². The Morgan fingerprint density at radius 3 is 2.00 bits per heavy atom. The highest BCUT2D eigenvalue weighted by molar-refractivity contribution is 5.90. The molecule has 0 rings (SSSR count). The number of nitrogens with two attached hydrogens (primary N) is 2. The molecule has 0 bridgehead atoms. The van der Waals surface area contributed by atoms with Crippen molar-refractivity contribution in [2.45, 2.75) is 6.92 Å². The molecule has 0 radical (unpaired) electrons. The standard InChI is InChI=1S/C3H7N3O/c1-2(7)6-3(4)5/h1H3,(H4,4,5,6,7)/i3+1,4+1,5+1,6+1. The van der Waals surface area contributed by atoms with E-state index in [-0.39, 0.29) is 11.9 Å². The molecule has 1 amide bonds. The zero-order valence-corrected chi connectivity index (χ0v) is 4.01. The zero-order valence-electron chi connectivity index (χ0n) is 4.01. The van der Waals surface area contributed by atoms with E-state index in [1.165, 1.54) is 6.92 Å². The number of guanidine groups is 1. The average molecular weight is 105 g/mol. The first-order chi connectivity index (χ1) is 3.13. The van der Waals surface area contributed by atoms with Crippen LogP contribution in [0, 0.1) is 0 Å². The second-order valence-corrected chi connectivity index (χ2v) is 1.06. The molecular formula is C3H7N3O. The number of hydrogen-bond acceptors (Lipinski definition) is 1. The molecule has 7 heavy (non-hydrogen) atoms. The summed E-state index contributed by atoms with van der Waals surface area (Å²) in [5, 5.41) is 0. The highest BCUT2D eigenvalue weighted by atomic mass is 16.2. The van der Waals surface area contributed by atoms with Gasteiger partial charge in [-0.1, -0.05) is 0 Å². The molecule has 4 nitrogen and oxygen atoms in total. The first kappa shape index (κ1) is 5.94. The number of amides is 1. The maximum atomic E-state index is 9.91. The lowest BCUT2D eigenvalue weighted by Crippen LogP contribution is -2.23. The van der Waals surface area contributed by atoms with Gasteiger partial charge in [0.2, 0.25) is 5.91 Å². The lowest BCUT2D eigenvalue weighted by atomic mass is 10.8. The molecule has 0 aromatic carbocycles. The van der Waals surface area contributed by atoms with Gasteiger partial charge in [0.25, 0.3) is 0 Å². The SMILES string of the molecule is CC(=O)[15N]=[13C]([15NH2])[15NH2]. The summed E-state index contributed by atoms with van der Waals surface area (Å²) in [5.74, 6) is -0.562. The van der Waals surface area contributed by atoms with Gasteiger partial charge in [0.05, 0.1) is 0 Å². The summed E-state index contributed by atoms with van der Waals surface area (Å²) in [6.45, 7) is 1.28. The van der Waals surface area contributed by atoms with Gasteiger partial charge in [0.1, 0.15) is 0 Å². The van der Waals surface area contributed by atoms with E-state index >= 15 is 0 Å². The van der Waals surface area contributed by atoms with Crippen LogP contribution >= 0.6 is 0 Å². The Hall–Kier alpha value is -1.06. The van der Waals surface area contributed by atoms with Crippen molar-refractivity contribution in [1.82, 2.24) is 0 Å². The maximum absolute atomic E-state index is 9.91. The van der Waals surface area contributed by atoms with Crippen molar-refractivity contribution in [3.8, 4) is 0 Å². The van der Waals surface area contributed by atoms with Crippen LogP contribution < -0.4 is 11.5 Å². The molecule has 0 fully saturated rings. The Morgan fingerprint density at radius 2 is 2.00 bits per heavy atom. The van der Waals surface area contributed by atoms with Gasteiger partial charge in [0, 0.05) is 6.92 Å². The minimum atomic E-state index is -0.375. The molecule has 40 valence electrons. The van der Waals surface area contributed by atoms with E-state index in [1.807, 2.05) is 0 Å². The van der Waals surface area contributed by atoms with Crippen LogP contribution in [0.1, 0.15) is 6.92 Å². The molecule has 0 aliphatic heterocycles. The monoisotopic (exact) mass is 105 g/mol. The fraction of sp³-hybridized carbons (Fsp3) is 0.333. The summed E-state index contributed by atoms with van der Waals surface area (Å²) in [5.41, 5.74) is 9.60. The molecule has 0 spiro atoms. The van der Waals surface area contributed by atoms with Crippen LogP contribution in [0.3, 0.4) is 0 Å². The summed E-state index contributed by atoms with van der Waals surface area (Å²) < 4.78 is 0. The van der Waals surface area contributed by atoms with E-state index in [4.69, 9.17) is 11.5 Å². The Kier molecular flexibility index (Phi) is 1.84. The van der Waals surface area contributed by atoms with Gasteiger partial charge < -0.3 is 11.5 Å². The Morgan fingerprint density at radius 1 is 1.57 bits per heavy atom. The van der Waals surface area contributed by atoms with E-state index in [9.17, 15) is 4.79 Å². The third-order valence-electron chi connectivity index (χ3n) is 0.287. The summed E-state index contributed by atoms with van der Waals surface area (Å²) in [4.78, 5) is 13.0. The second kappa shape index (κ2) is 2.17. The number of nitrogens with zero attached hydrogens (tertiary/aromatic N) is 1. The quantitative estimate of drug-likeness (QED) is 0.176. The fourth-order valence-electron chi connectivity index (χ4n) is 0.182. The van der Waals surface area contributed by atoms with E-state index in [0.717, 1.165) is 0 Å². The van der Waals surface area contributed by atoms with Crippen molar-refractivity contribution in [2.24, 2.45) is 16.5 Å². The van der Waals surface area contributed by atoms with E-state index in [1.54, 1.807) is 0 Å². The van der Waals surface area contributed by atoms with E-state index < -0.39 is 0 Å². The molecule has 0 aliphatic carbocycles. The molecule has 0 atom stereocenters. The molecule has 0 heterocycles. The molecule has 0 aromatic rings. The molecule has 4 N–H and O–H groups in total. The average Bonchev–Trinajstić information content (AvgIpc) is 1.27. The third kappa shape index (κ3) is 4.94. The first-order valence-electron chi connectivity index (χ1n) is 1.73. The normalized spacial score (nSPS) is 7.57. The summed E-state index contributed by atoms with van der Waals surface area (Å²) in [6.07, 6.45) is 0. The van der Waals surface area contributed by atoms with Crippen LogP contribution in [-0.4, -0.2) is 11.9 Å². The van der Waals surface area contributed by atoms with Crippen LogP contribution in [0.2, 0.25) is 0 Å². The number of rotatable bonds is 0. The topological polar surface area (TPSA) is 81.5 Å². The van der Waals surface area contributed by atoms with Gasteiger partial charge in [-0.2, -0.15) is 4.99 Å². The number of aliphatic imine (C=N–C) groups is 1. The van der Waals surface area contributed by atoms with Crippen LogP contribution in [0.5, 0.6) is 0 Å². The van der Waals surface area contributed by atoms with Gasteiger partial charge >= 0.3 is 0 Å². The molecule has 0 aromatic heterocycles. The Labute approximate surface area is 41.2 Å². The van der Waals surface area contributed by atoms with Crippen LogP contribution in [0.15, 0.2) is 4.99 Å². The minimum absolute atomic E-state index is 0.187. The van der Waals surface area contributed by atoms with Gasteiger partial charge in [-0.05, 0) is 0 Å². The second-order valence-electron chi connectivity index (χ2n) is 1.06. The van der Waals surface area contributed by atoms with Crippen LogP contribution in [0.25, 0.3) is 0 Å². The van der Waals surface area contributed by atoms with Crippen molar-refractivity contribution < 1.29 is 4.79 Å². The van der Waals surface area contributed by atoms with Gasteiger partial charge in [-0.15, -0.1) is 0 Å². The predicted octanol–water partition coefficient (Wildman–Crippen LogP) is -1.19. The van der Waals surface area contributed by atoms with Crippen molar-refractivity contribution in [3.05, 3.63) is 0 Å². The predicted molar refractivity (Wildman–Crippen MR) is 26.5 cm³/mol. The Bertz CT molecular complexity index is 103. The lowest BCUT2D eigenvalue weighted by molar-refractivity contribution is -0.115. The van der Waals surface area contributed by atoms with Crippen LogP contribution in [-0.2, 0) is 4.79 Å². The largest absolute Gasteiger partial charge is 0.370 e. The molecule has 0 aliphatic rings. The fourth-order valence-corrected chi connectivity index (χ4v) is 0.182. The van der Waals surface area contributed by atoms with E-state index in [2.05, 4.69) is 4.99 Å². The van der Waals surface area contributed by atoms with Gasteiger partial charge in [-0.25, -0.2) is 0 Å². The van der Waals surface area contributed by atoms with Gasteiger partial charge in [0.15, 0.2) is 5.96 Å². The molecular weight excluding hydrogens is 98.0 g/mol. The minimum Gasteiger partial charge on any atom is -0.370 e. The smallest absolute Gasteiger partial charge is 0.245 e. The highest BCUT2D eigenvalue weighted by Crippen LogP contribution is 1.64. The van der Waals surface area contributed by atoms with Crippen molar-refractivity contribution in [3.63, 3.8) is 0 Å². The summed E-state index contributed by atoms with van der Waals surface area (Å²) in [6, 6.07) is 0. The van der Waals surface area contributed by atoms with Crippen molar-refractivity contribution in [1.29, 1.82) is 0 Å². The third-order valence-corrected chi connectivity index (χ3v) is 0.287. The van der Waals surface area contributed by atoms with E-state index in [0.29, 0.717) is 0 Å². The molecule has 0 unspecified atom stereocenters. The number of hydrogen-bond donors (Lipinski definition) is 2. The molecule has 0 saturated heterocycles. The Balaban J connectivity index is 3.68. The maximum Gasteiger partial charge on any atom is 0.245 e. The first-order valence-corrected chi connectivity index (χ1v) is 1.73. The molecule has 0 saturated carbocycles. The van der Waals surface area contributed by atoms with Gasteiger partial charge in [-0.3, -0.25) is 4.79 Å². The summed E-state index contributed by atoms with van der Waals surface area (Å²) >= 11 is 0. The number of carbonyl (C=O) groups is 1.